The fourth-order valence-electron chi connectivity index (χ4n) is 1.85. The number of aromatic nitrogens is 2. The molecule has 0 saturated heterocycles. The summed E-state index contributed by atoms with van der Waals surface area (Å²) < 4.78 is 1.79. The Kier molecular flexibility index (Phi) is 7.48. The van der Waals surface area contributed by atoms with E-state index in [2.05, 4.69) is 17.6 Å². The third-order valence-corrected chi connectivity index (χ3v) is 3.20. The Morgan fingerprint density at radius 1 is 1.17 bits per heavy atom. The summed E-state index contributed by atoms with van der Waals surface area (Å²) in [5, 5.41) is 10.4. The molecule has 0 bridgehead atoms. The minimum atomic E-state index is -0.460. The zero-order chi connectivity index (χ0) is 13.2. The molecule has 0 amide bonds. The van der Waals surface area contributed by atoms with Crippen LogP contribution >= 0.6 is 12.6 Å². The molecule has 102 valence electrons. The third kappa shape index (κ3) is 6.05. The monoisotopic (exact) mass is 271 g/mol. The van der Waals surface area contributed by atoms with Crippen molar-refractivity contribution in [2.24, 2.45) is 0 Å². The van der Waals surface area contributed by atoms with E-state index in [9.17, 15) is 10.1 Å². The summed E-state index contributed by atoms with van der Waals surface area (Å²) in [6, 6.07) is 0. The quantitative estimate of drug-likeness (QED) is 0.307. The zero-order valence-electron chi connectivity index (χ0n) is 10.6. The van der Waals surface area contributed by atoms with E-state index in [1.165, 1.54) is 51.0 Å². The van der Waals surface area contributed by atoms with Gasteiger partial charge in [-0.2, -0.15) is 12.6 Å². The van der Waals surface area contributed by atoms with Crippen molar-refractivity contribution >= 4 is 18.4 Å². The molecule has 0 fully saturated rings. The van der Waals surface area contributed by atoms with E-state index in [0.717, 1.165) is 18.7 Å². The fraction of sp³-hybridized carbons (Fsp3) is 0.750. The number of nitrogens with zero attached hydrogens (tertiary/aromatic N) is 3. The summed E-state index contributed by atoms with van der Waals surface area (Å²) in [4.78, 5) is 13.7. The molecule has 0 spiro atoms. The number of thiol groups is 1. The van der Waals surface area contributed by atoms with Crippen LogP contribution < -0.4 is 0 Å². The van der Waals surface area contributed by atoms with Crippen LogP contribution in [0.3, 0.4) is 0 Å². The number of hydrogen-bond donors (Lipinski definition) is 1. The molecule has 6 heteroatoms. The first-order valence-corrected chi connectivity index (χ1v) is 7.14. The maximum atomic E-state index is 10.4. The minimum Gasteiger partial charge on any atom is -0.358 e. The Bertz CT molecular complexity index is 355. The number of nitro groups is 1. The van der Waals surface area contributed by atoms with E-state index in [1.54, 1.807) is 4.57 Å². The number of unbranched alkanes of at least 4 members (excludes halogenated alkanes) is 6. The van der Waals surface area contributed by atoms with Crippen LogP contribution in [0.1, 0.15) is 44.9 Å². The first kappa shape index (κ1) is 15.0. The molecule has 1 heterocycles. The van der Waals surface area contributed by atoms with E-state index in [0.29, 0.717) is 0 Å². The second-order valence-corrected chi connectivity index (χ2v) is 4.87. The van der Waals surface area contributed by atoms with Gasteiger partial charge >= 0.3 is 5.82 Å². The molecule has 0 aliphatic carbocycles. The van der Waals surface area contributed by atoms with Crippen LogP contribution in [0.15, 0.2) is 12.5 Å². The second-order valence-electron chi connectivity index (χ2n) is 4.43. The lowest BCUT2D eigenvalue weighted by atomic mass is 10.1. The van der Waals surface area contributed by atoms with Crippen LogP contribution in [-0.4, -0.2) is 20.2 Å². The Morgan fingerprint density at radius 2 is 1.78 bits per heavy atom. The first-order valence-electron chi connectivity index (χ1n) is 6.51. The topological polar surface area (TPSA) is 61.0 Å². The highest BCUT2D eigenvalue weighted by molar-refractivity contribution is 7.80. The number of rotatable bonds is 10. The normalized spacial score (nSPS) is 10.7. The van der Waals surface area contributed by atoms with Crippen molar-refractivity contribution in [1.82, 2.24) is 9.55 Å². The largest absolute Gasteiger partial charge is 0.381 e. The van der Waals surface area contributed by atoms with Crippen LogP contribution in [0.2, 0.25) is 0 Å². The van der Waals surface area contributed by atoms with Gasteiger partial charge in [0.1, 0.15) is 6.20 Å². The van der Waals surface area contributed by atoms with Gasteiger partial charge in [0.05, 0.1) is 0 Å². The van der Waals surface area contributed by atoms with Gasteiger partial charge in [-0.25, -0.2) is 0 Å². The predicted octanol–water partition coefficient (Wildman–Crippen LogP) is 3.45. The van der Waals surface area contributed by atoms with Crippen molar-refractivity contribution in [3.63, 3.8) is 0 Å². The molecule has 1 aromatic rings. The zero-order valence-corrected chi connectivity index (χ0v) is 11.5. The van der Waals surface area contributed by atoms with E-state index in [1.807, 2.05) is 0 Å². The van der Waals surface area contributed by atoms with Crippen molar-refractivity contribution in [3.8, 4) is 0 Å². The Hall–Kier alpha value is -1.04. The maximum absolute atomic E-state index is 10.4. The average molecular weight is 271 g/mol. The highest BCUT2D eigenvalue weighted by Crippen LogP contribution is 2.10. The predicted molar refractivity (Wildman–Crippen MR) is 75.1 cm³/mol. The van der Waals surface area contributed by atoms with Gasteiger partial charge in [-0.15, -0.1) is 0 Å². The highest BCUT2D eigenvalue weighted by Gasteiger charge is 2.08. The van der Waals surface area contributed by atoms with Crippen molar-refractivity contribution in [3.05, 3.63) is 22.6 Å². The maximum Gasteiger partial charge on any atom is 0.381 e. The lowest BCUT2D eigenvalue weighted by Gasteiger charge is -2.01. The van der Waals surface area contributed by atoms with E-state index >= 15 is 0 Å². The summed E-state index contributed by atoms with van der Waals surface area (Å²) in [7, 11) is 0. The molecular weight excluding hydrogens is 250 g/mol. The molecule has 0 atom stereocenters. The minimum absolute atomic E-state index is 0.0678. The van der Waals surface area contributed by atoms with Crippen LogP contribution in [-0.2, 0) is 6.54 Å². The molecule has 0 N–H and O–H groups in total. The number of aryl methyl sites for hydroxylation is 1. The first-order chi connectivity index (χ1) is 8.74. The van der Waals surface area contributed by atoms with Gasteiger partial charge in [-0.3, -0.25) is 0 Å². The Labute approximate surface area is 113 Å². The van der Waals surface area contributed by atoms with E-state index in [-0.39, 0.29) is 5.82 Å². The lowest BCUT2D eigenvalue weighted by Crippen LogP contribution is -1.94. The van der Waals surface area contributed by atoms with Gasteiger partial charge in [-0.1, -0.05) is 32.1 Å². The van der Waals surface area contributed by atoms with Gasteiger partial charge in [0.2, 0.25) is 6.33 Å². The average Bonchev–Trinajstić information content (AvgIpc) is 2.81. The van der Waals surface area contributed by atoms with Gasteiger partial charge in [0, 0.05) is 6.54 Å². The van der Waals surface area contributed by atoms with Crippen molar-refractivity contribution in [2.75, 3.05) is 5.75 Å². The van der Waals surface area contributed by atoms with Gasteiger partial charge in [-0.05, 0) is 28.5 Å². The summed E-state index contributed by atoms with van der Waals surface area (Å²) >= 11 is 4.18. The van der Waals surface area contributed by atoms with Crippen LogP contribution in [0.4, 0.5) is 5.82 Å². The van der Waals surface area contributed by atoms with Crippen molar-refractivity contribution in [1.29, 1.82) is 0 Å². The molecule has 0 aliphatic heterocycles. The second kappa shape index (κ2) is 8.97. The van der Waals surface area contributed by atoms with Crippen molar-refractivity contribution < 1.29 is 4.92 Å². The molecule has 0 saturated carbocycles. The molecule has 1 aromatic heterocycles. The number of hydrogen-bond acceptors (Lipinski definition) is 4. The van der Waals surface area contributed by atoms with Crippen LogP contribution in [0, 0.1) is 10.1 Å². The standard InChI is InChI=1S/C12H21N3O2S/c16-15(17)12-10-14(11-13-12)8-6-4-2-1-3-5-7-9-18/h10-11,18H,1-9H2. The summed E-state index contributed by atoms with van der Waals surface area (Å²) in [6.45, 7) is 0.817. The SMILES string of the molecule is O=[N+]([O-])c1cn(CCCCCCCCCS)cn1. The lowest BCUT2D eigenvalue weighted by molar-refractivity contribution is -0.389. The molecule has 0 unspecified atom stereocenters. The van der Waals surface area contributed by atoms with E-state index in [4.69, 9.17) is 0 Å². The van der Waals surface area contributed by atoms with Gasteiger partial charge < -0.3 is 14.7 Å². The molecular formula is C12H21N3O2S. The Balaban J connectivity index is 2.02. The van der Waals surface area contributed by atoms with Crippen LogP contribution in [0.25, 0.3) is 0 Å². The summed E-state index contributed by atoms with van der Waals surface area (Å²) in [5.41, 5.74) is 0. The molecule has 0 aromatic carbocycles. The summed E-state index contributed by atoms with van der Waals surface area (Å²) in [6.07, 6.45) is 11.5. The highest BCUT2D eigenvalue weighted by atomic mass is 32.1. The van der Waals surface area contributed by atoms with Gasteiger partial charge in [0.15, 0.2) is 0 Å². The molecule has 0 radical (unpaired) electrons. The fourth-order valence-corrected chi connectivity index (χ4v) is 2.08. The Morgan fingerprint density at radius 3 is 2.33 bits per heavy atom. The molecule has 5 nitrogen and oxygen atoms in total. The summed E-state index contributed by atoms with van der Waals surface area (Å²) in [5.74, 6) is 0.918. The van der Waals surface area contributed by atoms with Crippen molar-refractivity contribution in [2.45, 2.75) is 51.5 Å². The third-order valence-electron chi connectivity index (χ3n) is 2.88. The molecule has 1 rings (SSSR count). The number of imidazole rings is 1. The van der Waals surface area contributed by atoms with Crippen LogP contribution in [0.5, 0.6) is 0 Å². The molecule has 0 aliphatic rings. The van der Waals surface area contributed by atoms with E-state index < -0.39 is 4.92 Å². The molecule has 18 heavy (non-hydrogen) atoms. The smallest absolute Gasteiger partial charge is 0.358 e. The van der Waals surface area contributed by atoms with Gasteiger partial charge in [0.25, 0.3) is 0 Å².